The van der Waals surface area contributed by atoms with Gasteiger partial charge in [0.05, 0.1) is 7.11 Å². The van der Waals surface area contributed by atoms with Crippen molar-refractivity contribution in [2.75, 3.05) is 7.11 Å². The summed E-state index contributed by atoms with van der Waals surface area (Å²) in [5, 5.41) is 18.5. The van der Waals surface area contributed by atoms with Crippen molar-refractivity contribution < 1.29 is 24.5 Å². The van der Waals surface area contributed by atoms with Crippen molar-refractivity contribution in [2.45, 2.75) is 0 Å². The zero-order chi connectivity index (χ0) is 16.1. The van der Waals surface area contributed by atoms with Gasteiger partial charge in [0.25, 0.3) is 11.8 Å². The highest BCUT2D eigenvalue weighted by Gasteiger charge is 2.11. The third-order valence-electron chi connectivity index (χ3n) is 2.88. The van der Waals surface area contributed by atoms with E-state index in [1.807, 2.05) is 0 Å². The van der Waals surface area contributed by atoms with E-state index in [9.17, 15) is 19.8 Å². The van der Waals surface area contributed by atoms with Gasteiger partial charge in [-0.05, 0) is 42.5 Å². The maximum atomic E-state index is 11.8. The Morgan fingerprint density at radius 1 is 0.864 bits per heavy atom. The van der Waals surface area contributed by atoms with Gasteiger partial charge in [-0.15, -0.1) is 0 Å². The summed E-state index contributed by atoms with van der Waals surface area (Å²) in [6.45, 7) is 0. The molecule has 0 saturated carbocycles. The molecular weight excluding hydrogens is 288 g/mol. The normalized spacial score (nSPS) is 9.86. The summed E-state index contributed by atoms with van der Waals surface area (Å²) in [5.74, 6) is -1.27. The molecule has 2 rings (SSSR count). The van der Waals surface area contributed by atoms with Crippen LogP contribution in [0.4, 0.5) is 0 Å². The quantitative estimate of drug-likeness (QED) is 0.503. The molecule has 0 bridgehead atoms. The zero-order valence-electron chi connectivity index (χ0n) is 11.7. The van der Waals surface area contributed by atoms with E-state index in [1.54, 1.807) is 24.3 Å². The standard InChI is InChI=1S/C15H14N2O5/c1-22-11-5-2-9(3-6-11)14(20)16-17-15(21)10-4-7-12(18)13(19)8-10/h2-8,18-19H,1H3,(H,16,20)(H,17,21). The molecule has 0 aliphatic carbocycles. The molecule has 7 heteroatoms. The number of carbonyl (C=O) groups excluding carboxylic acids is 2. The lowest BCUT2D eigenvalue weighted by atomic mass is 10.2. The Morgan fingerprint density at radius 3 is 1.95 bits per heavy atom. The number of hydrogen-bond donors (Lipinski definition) is 4. The predicted octanol–water partition coefficient (Wildman–Crippen LogP) is 1.18. The summed E-state index contributed by atoms with van der Waals surface area (Å²) in [6, 6.07) is 9.91. The van der Waals surface area contributed by atoms with Gasteiger partial charge < -0.3 is 14.9 Å². The first-order valence-electron chi connectivity index (χ1n) is 6.28. The zero-order valence-corrected chi connectivity index (χ0v) is 11.7. The molecule has 0 spiro atoms. The van der Waals surface area contributed by atoms with E-state index >= 15 is 0 Å². The number of hydrogen-bond acceptors (Lipinski definition) is 5. The maximum absolute atomic E-state index is 11.8. The largest absolute Gasteiger partial charge is 0.504 e. The molecule has 0 atom stereocenters. The fourth-order valence-electron chi connectivity index (χ4n) is 1.66. The van der Waals surface area contributed by atoms with Crippen molar-refractivity contribution in [1.82, 2.24) is 10.9 Å². The molecule has 0 aliphatic heterocycles. The molecule has 4 N–H and O–H groups in total. The summed E-state index contributed by atoms with van der Waals surface area (Å²) >= 11 is 0. The fourth-order valence-corrected chi connectivity index (χ4v) is 1.66. The van der Waals surface area contributed by atoms with Gasteiger partial charge in [-0.1, -0.05) is 0 Å². The fraction of sp³-hybridized carbons (Fsp3) is 0.0667. The van der Waals surface area contributed by atoms with Gasteiger partial charge in [0.1, 0.15) is 5.75 Å². The van der Waals surface area contributed by atoms with Crippen LogP contribution >= 0.6 is 0 Å². The van der Waals surface area contributed by atoms with Gasteiger partial charge in [0.2, 0.25) is 0 Å². The summed E-state index contributed by atoms with van der Waals surface area (Å²) in [5.41, 5.74) is 4.89. The lowest BCUT2D eigenvalue weighted by Gasteiger charge is -2.08. The van der Waals surface area contributed by atoms with Crippen molar-refractivity contribution >= 4 is 11.8 Å². The van der Waals surface area contributed by atoms with E-state index < -0.39 is 17.6 Å². The SMILES string of the molecule is COc1ccc(C(=O)NNC(=O)c2ccc(O)c(O)c2)cc1. The molecule has 0 saturated heterocycles. The predicted molar refractivity (Wildman–Crippen MR) is 77.7 cm³/mol. The van der Waals surface area contributed by atoms with Crippen LogP contribution in [-0.2, 0) is 0 Å². The van der Waals surface area contributed by atoms with Crippen LogP contribution < -0.4 is 15.6 Å². The average Bonchev–Trinajstić information content (AvgIpc) is 2.54. The minimum absolute atomic E-state index is 0.0883. The molecule has 22 heavy (non-hydrogen) atoms. The molecule has 0 aromatic heterocycles. The number of nitrogens with one attached hydrogen (secondary N) is 2. The number of amides is 2. The Labute approximate surface area is 126 Å². The molecular formula is C15H14N2O5. The number of ether oxygens (including phenoxy) is 1. The Balaban J connectivity index is 1.97. The summed E-state index contributed by atoms with van der Waals surface area (Å²) < 4.78 is 4.98. The molecule has 0 radical (unpaired) electrons. The van der Waals surface area contributed by atoms with Crippen LogP contribution in [-0.4, -0.2) is 29.1 Å². The maximum Gasteiger partial charge on any atom is 0.269 e. The average molecular weight is 302 g/mol. The van der Waals surface area contributed by atoms with Gasteiger partial charge in [0.15, 0.2) is 11.5 Å². The summed E-state index contributed by atoms with van der Waals surface area (Å²) in [6.07, 6.45) is 0. The monoisotopic (exact) mass is 302 g/mol. The topological polar surface area (TPSA) is 108 Å². The lowest BCUT2D eigenvalue weighted by Crippen LogP contribution is -2.41. The van der Waals surface area contributed by atoms with E-state index in [2.05, 4.69) is 10.9 Å². The Kier molecular flexibility index (Phi) is 4.47. The van der Waals surface area contributed by atoms with Crippen molar-refractivity contribution in [3.63, 3.8) is 0 Å². The van der Waals surface area contributed by atoms with Crippen LogP contribution in [0.1, 0.15) is 20.7 Å². The van der Waals surface area contributed by atoms with Gasteiger partial charge in [-0.25, -0.2) is 0 Å². The molecule has 0 unspecified atom stereocenters. The van der Waals surface area contributed by atoms with E-state index in [-0.39, 0.29) is 11.3 Å². The Morgan fingerprint density at radius 2 is 1.41 bits per heavy atom. The Hall–Kier alpha value is -3.22. The minimum Gasteiger partial charge on any atom is -0.504 e. The molecule has 7 nitrogen and oxygen atoms in total. The van der Waals surface area contributed by atoms with Gasteiger partial charge in [-0.2, -0.15) is 0 Å². The third kappa shape index (κ3) is 3.45. The second-order valence-electron chi connectivity index (χ2n) is 4.34. The number of hydrazine groups is 1. The van der Waals surface area contributed by atoms with Crippen LogP contribution in [0.3, 0.4) is 0 Å². The van der Waals surface area contributed by atoms with Crippen LogP contribution in [0.2, 0.25) is 0 Å². The van der Waals surface area contributed by atoms with Gasteiger partial charge in [-0.3, -0.25) is 20.4 Å². The van der Waals surface area contributed by atoms with Crippen LogP contribution in [0.15, 0.2) is 42.5 Å². The van der Waals surface area contributed by atoms with E-state index in [0.717, 1.165) is 6.07 Å². The molecule has 0 aliphatic rings. The molecule has 2 aromatic carbocycles. The van der Waals surface area contributed by atoms with E-state index in [1.165, 1.54) is 19.2 Å². The van der Waals surface area contributed by atoms with E-state index in [4.69, 9.17) is 4.74 Å². The highest BCUT2D eigenvalue weighted by Crippen LogP contribution is 2.24. The number of methoxy groups -OCH3 is 1. The second kappa shape index (κ2) is 6.49. The number of phenolic OH excluding ortho intramolecular Hbond substituents is 2. The molecule has 0 heterocycles. The highest BCUT2D eigenvalue weighted by atomic mass is 16.5. The first kappa shape index (κ1) is 15.2. The number of aromatic hydroxyl groups is 2. The van der Waals surface area contributed by atoms with Crippen molar-refractivity contribution in [2.24, 2.45) is 0 Å². The number of phenols is 2. The molecule has 2 aromatic rings. The molecule has 114 valence electrons. The summed E-state index contributed by atoms with van der Waals surface area (Å²) in [7, 11) is 1.52. The number of benzene rings is 2. The molecule has 0 fully saturated rings. The highest BCUT2D eigenvalue weighted by molar-refractivity contribution is 5.99. The third-order valence-corrected chi connectivity index (χ3v) is 2.88. The first-order valence-corrected chi connectivity index (χ1v) is 6.28. The second-order valence-corrected chi connectivity index (χ2v) is 4.34. The smallest absolute Gasteiger partial charge is 0.269 e. The molecule has 2 amide bonds. The Bertz CT molecular complexity index is 698. The van der Waals surface area contributed by atoms with Crippen molar-refractivity contribution in [1.29, 1.82) is 0 Å². The van der Waals surface area contributed by atoms with Crippen LogP contribution in [0, 0.1) is 0 Å². The van der Waals surface area contributed by atoms with Crippen LogP contribution in [0.5, 0.6) is 17.2 Å². The minimum atomic E-state index is -0.628. The van der Waals surface area contributed by atoms with Crippen LogP contribution in [0.25, 0.3) is 0 Å². The number of rotatable bonds is 3. The van der Waals surface area contributed by atoms with Gasteiger partial charge in [0, 0.05) is 11.1 Å². The lowest BCUT2D eigenvalue weighted by molar-refractivity contribution is 0.0846. The van der Waals surface area contributed by atoms with E-state index in [0.29, 0.717) is 11.3 Å². The first-order chi connectivity index (χ1) is 10.5. The summed E-state index contributed by atoms with van der Waals surface area (Å²) in [4.78, 5) is 23.7. The number of carbonyl (C=O) groups is 2. The van der Waals surface area contributed by atoms with Crippen molar-refractivity contribution in [3.8, 4) is 17.2 Å². The van der Waals surface area contributed by atoms with Crippen molar-refractivity contribution in [3.05, 3.63) is 53.6 Å². The van der Waals surface area contributed by atoms with Gasteiger partial charge >= 0.3 is 0 Å².